The minimum absolute atomic E-state index is 0.137. The van der Waals surface area contributed by atoms with Crippen molar-refractivity contribution in [2.24, 2.45) is 0 Å². The number of carbonyl (C=O) groups is 1. The Balaban J connectivity index is 2.14. The predicted molar refractivity (Wildman–Crippen MR) is 64.7 cm³/mol. The topological polar surface area (TPSA) is 71.3 Å². The summed E-state index contributed by atoms with van der Waals surface area (Å²) in [5.41, 5.74) is 0.516. The molecule has 6 nitrogen and oxygen atoms in total. The Morgan fingerprint density at radius 1 is 1.56 bits per heavy atom. The molecule has 0 spiro atoms. The minimum atomic E-state index is -0.452. The van der Waals surface area contributed by atoms with E-state index >= 15 is 0 Å². The van der Waals surface area contributed by atoms with Crippen LogP contribution in [0.15, 0.2) is 18.3 Å². The van der Waals surface area contributed by atoms with Gasteiger partial charge in [-0.15, -0.1) is 5.10 Å². The van der Waals surface area contributed by atoms with Gasteiger partial charge in [-0.1, -0.05) is 0 Å². The number of likely N-dealkylation sites (N-methyl/N-ethyl adjacent to an activating group) is 1. The summed E-state index contributed by atoms with van der Waals surface area (Å²) in [5, 5.41) is 9.57. The van der Waals surface area contributed by atoms with Gasteiger partial charge in [0.05, 0.1) is 6.20 Å². The third-order valence-electron chi connectivity index (χ3n) is 2.38. The number of nitrogens with zero attached hydrogens (tertiary/aromatic N) is 3. The summed E-state index contributed by atoms with van der Waals surface area (Å²) in [5.74, 6) is -0.238. The lowest BCUT2D eigenvalue weighted by molar-refractivity contribution is -0.121. The number of anilines is 1. The molecule has 0 aliphatic carbocycles. The van der Waals surface area contributed by atoms with E-state index in [0.717, 1.165) is 0 Å². The SMILES string of the molecule is CCNC(=O)C(C)Nc1nc2ccc(F)cn2n1. The summed E-state index contributed by atoms with van der Waals surface area (Å²) >= 11 is 0. The Labute approximate surface area is 103 Å². The summed E-state index contributed by atoms with van der Waals surface area (Å²) in [6, 6.07) is 2.37. The number of nitrogens with one attached hydrogen (secondary N) is 2. The molecular weight excluding hydrogens is 237 g/mol. The Morgan fingerprint density at radius 2 is 2.33 bits per heavy atom. The van der Waals surface area contributed by atoms with E-state index in [9.17, 15) is 9.18 Å². The summed E-state index contributed by atoms with van der Waals surface area (Å²) in [7, 11) is 0. The molecule has 96 valence electrons. The first kappa shape index (κ1) is 12.3. The molecule has 0 fully saturated rings. The Kier molecular flexibility index (Phi) is 3.40. The molecule has 2 rings (SSSR count). The molecule has 2 N–H and O–H groups in total. The lowest BCUT2D eigenvalue weighted by Crippen LogP contribution is -2.37. The van der Waals surface area contributed by atoms with E-state index in [1.165, 1.54) is 22.8 Å². The zero-order valence-corrected chi connectivity index (χ0v) is 10.1. The molecule has 0 aliphatic heterocycles. The van der Waals surface area contributed by atoms with Gasteiger partial charge in [-0.25, -0.2) is 8.91 Å². The molecule has 0 aromatic carbocycles. The second-order valence-corrected chi connectivity index (χ2v) is 3.85. The van der Waals surface area contributed by atoms with Gasteiger partial charge >= 0.3 is 0 Å². The molecule has 7 heteroatoms. The maximum atomic E-state index is 13.0. The zero-order chi connectivity index (χ0) is 13.1. The smallest absolute Gasteiger partial charge is 0.243 e. The molecule has 1 amide bonds. The third-order valence-corrected chi connectivity index (χ3v) is 2.38. The van der Waals surface area contributed by atoms with E-state index in [1.807, 2.05) is 6.92 Å². The lowest BCUT2D eigenvalue weighted by atomic mass is 10.3. The van der Waals surface area contributed by atoms with Crippen molar-refractivity contribution >= 4 is 17.5 Å². The molecular formula is C11H14FN5O. The fourth-order valence-corrected chi connectivity index (χ4v) is 1.51. The van der Waals surface area contributed by atoms with Crippen molar-refractivity contribution in [1.82, 2.24) is 19.9 Å². The number of fused-ring (bicyclic) bond motifs is 1. The average molecular weight is 251 g/mol. The summed E-state index contributed by atoms with van der Waals surface area (Å²) in [6.07, 6.45) is 1.23. The van der Waals surface area contributed by atoms with Crippen LogP contribution < -0.4 is 10.6 Å². The normalized spacial score (nSPS) is 12.4. The highest BCUT2D eigenvalue weighted by atomic mass is 19.1. The number of hydrogen-bond donors (Lipinski definition) is 2. The molecule has 1 atom stereocenters. The number of amides is 1. The quantitative estimate of drug-likeness (QED) is 0.843. The van der Waals surface area contributed by atoms with Gasteiger partial charge in [0.15, 0.2) is 5.65 Å². The number of rotatable bonds is 4. The molecule has 2 aromatic rings. The lowest BCUT2D eigenvalue weighted by Gasteiger charge is -2.10. The van der Waals surface area contributed by atoms with E-state index < -0.39 is 11.9 Å². The molecule has 0 saturated carbocycles. The van der Waals surface area contributed by atoms with Crippen LogP contribution in [0.1, 0.15) is 13.8 Å². The van der Waals surface area contributed by atoms with Crippen LogP contribution in [-0.4, -0.2) is 33.1 Å². The predicted octanol–water partition coefficient (Wildman–Crippen LogP) is 0.805. The van der Waals surface area contributed by atoms with Crippen LogP contribution in [0.4, 0.5) is 10.3 Å². The first-order chi connectivity index (χ1) is 8.60. The van der Waals surface area contributed by atoms with Crippen LogP contribution in [0.5, 0.6) is 0 Å². The molecule has 0 aliphatic rings. The maximum Gasteiger partial charge on any atom is 0.243 e. The van der Waals surface area contributed by atoms with Gasteiger partial charge in [-0.2, -0.15) is 4.98 Å². The molecule has 1 unspecified atom stereocenters. The third kappa shape index (κ3) is 2.55. The van der Waals surface area contributed by atoms with Crippen LogP contribution in [0.3, 0.4) is 0 Å². The Bertz CT molecular complexity index is 568. The van der Waals surface area contributed by atoms with Crippen molar-refractivity contribution in [1.29, 1.82) is 0 Å². The minimum Gasteiger partial charge on any atom is -0.355 e. The number of hydrogen-bond acceptors (Lipinski definition) is 4. The molecule has 0 radical (unpaired) electrons. The first-order valence-electron chi connectivity index (χ1n) is 5.66. The fourth-order valence-electron chi connectivity index (χ4n) is 1.51. The second kappa shape index (κ2) is 4.99. The van der Waals surface area contributed by atoms with E-state index in [-0.39, 0.29) is 5.91 Å². The largest absolute Gasteiger partial charge is 0.355 e. The fraction of sp³-hybridized carbons (Fsp3) is 0.364. The molecule has 2 heterocycles. The van der Waals surface area contributed by atoms with Gasteiger partial charge in [0.25, 0.3) is 0 Å². The van der Waals surface area contributed by atoms with E-state index in [2.05, 4.69) is 20.7 Å². The number of pyridine rings is 1. The first-order valence-corrected chi connectivity index (χ1v) is 5.66. The summed E-state index contributed by atoms with van der Waals surface area (Å²) < 4.78 is 14.3. The van der Waals surface area contributed by atoms with Crippen molar-refractivity contribution in [2.45, 2.75) is 19.9 Å². The van der Waals surface area contributed by atoms with Gasteiger partial charge in [0.2, 0.25) is 11.9 Å². The Hall–Kier alpha value is -2.18. The van der Waals surface area contributed by atoms with Crippen molar-refractivity contribution in [3.8, 4) is 0 Å². The van der Waals surface area contributed by atoms with Gasteiger partial charge in [-0.05, 0) is 26.0 Å². The molecule has 2 aromatic heterocycles. The highest BCUT2D eigenvalue weighted by molar-refractivity contribution is 5.83. The number of carbonyl (C=O) groups excluding carboxylic acids is 1. The van der Waals surface area contributed by atoms with Crippen LogP contribution in [-0.2, 0) is 4.79 Å². The zero-order valence-electron chi connectivity index (χ0n) is 10.1. The number of halogens is 1. The van der Waals surface area contributed by atoms with Crippen LogP contribution >= 0.6 is 0 Å². The van der Waals surface area contributed by atoms with Gasteiger partial charge in [0, 0.05) is 6.54 Å². The highest BCUT2D eigenvalue weighted by Crippen LogP contribution is 2.07. The van der Waals surface area contributed by atoms with Crippen molar-refractivity contribution in [3.63, 3.8) is 0 Å². The van der Waals surface area contributed by atoms with Crippen LogP contribution in [0.2, 0.25) is 0 Å². The number of aromatic nitrogens is 3. The van der Waals surface area contributed by atoms with Gasteiger partial charge in [0.1, 0.15) is 11.9 Å². The molecule has 0 saturated heterocycles. The maximum absolute atomic E-state index is 13.0. The van der Waals surface area contributed by atoms with Crippen LogP contribution in [0.25, 0.3) is 5.65 Å². The average Bonchev–Trinajstić information content (AvgIpc) is 2.70. The van der Waals surface area contributed by atoms with Crippen molar-refractivity contribution in [2.75, 3.05) is 11.9 Å². The second-order valence-electron chi connectivity index (χ2n) is 3.85. The Morgan fingerprint density at radius 3 is 3.06 bits per heavy atom. The van der Waals surface area contributed by atoms with E-state index in [1.54, 1.807) is 6.92 Å². The standard InChI is InChI=1S/C11H14FN5O/c1-3-13-10(18)7(2)14-11-15-9-5-4-8(12)6-17(9)16-11/h4-7H,3H2,1-2H3,(H,13,18)(H,14,16). The van der Waals surface area contributed by atoms with E-state index in [0.29, 0.717) is 18.1 Å². The van der Waals surface area contributed by atoms with Crippen molar-refractivity contribution in [3.05, 3.63) is 24.1 Å². The summed E-state index contributed by atoms with van der Waals surface area (Å²) in [4.78, 5) is 15.7. The monoisotopic (exact) mass is 251 g/mol. The summed E-state index contributed by atoms with van der Waals surface area (Å²) in [6.45, 7) is 4.11. The van der Waals surface area contributed by atoms with E-state index in [4.69, 9.17) is 0 Å². The van der Waals surface area contributed by atoms with Crippen molar-refractivity contribution < 1.29 is 9.18 Å². The highest BCUT2D eigenvalue weighted by Gasteiger charge is 2.14. The van der Waals surface area contributed by atoms with Crippen LogP contribution in [0, 0.1) is 5.82 Å². The molecule has 0 bridgehead atoms. The van der Waals surface area contributed by atoms with Gasteiger partial charge < -0.3 is 10.6 Å². The molecule has 18 heavy (non-hydrogen) atoms. The van der Waals surface area contributed by atoms with Gasteiger partial charge in [-0.3, -0.25) is 4.79 Å².